The molecule has 32 heavy (non-hydrogen) atoms. The van der Waals surface area contributed by atoms with Crippen LogP contribution < -0.4 is 10.5 Å². The van der Waals surface area contributed by atoms with Crippen LogP contribution in [0.5, 0.6) is 5.75 Å². The van der Waals surface area contributed by atoms with Gasteiger partial charge in [0.25, 0.3) is 0 Å². The summed E-state index contributed by atoms with van der Waals surface area (Å²) >= 11 is 5.98. The Kier molecular flexibility index (Phi) is 8.28. The van der Waals surface area contributed by atoms with Crippen molar-refractivity contribution < 1.29 is 4.74 Å². The van der Waals surface area contributed by atoms with Gasteiger partial charge in [-0.15, -0.1) is 35.0 Å². The first-order valence-corrected chi connectivity index (χ1v) is 11.0. The zero-order chi connectivity index (χ0) is 20.5. The summed E-state index contributed by atoms with van der Waals surface area (Å²) in [5.74, 6) is 3.22. The molecular formula is C23H28Cl3N5O. The van der Waals surface area contributed by atoms with E-state index in [2.05, 4.69) is 31.8 Å². The molecule has 1 aromatic heterocycles. The van der Waals surface area contributed by atoms with Crippen molar-refractivity contribution in [3.05, 3.63) is 58.9 Å². The lowest BCUT2D eigenvalue weighted by molar-refractivity contribution is 0.208. The normalized spacial score (nSPS) is 16.0. The van der Waals surface area contributed by atoms with Crippen LogP contribution in [-0.4, -0.2) is 45.9 Å². The maximum Gasteiger partial charge on any atom is 0.167 e. The highest BCUT2D eigenvalue weighted by atomic mass is 35.5. The van der Waals surface area contributed by atoms with Gasteiger partial charge >= 0.3 is 0 Å². The molecule has 0 spiro atoms. The molecular weight excluding hydrogens is 469 g/mol. The highest BCUT2D eigenvalue weighted by Gasteiger charge is 2.28. The number of rotatable bonds is 4. The molecule has 5 rings (SSSR count). The van der Waals surface area contributed by atoms with Gasteiger partial charge in [-0.3, -0.25) is 0 Å². The molecule has 0 saturated carbocycles. The third kappa shape index (κ3) is 5.15. The van der Waals surface area contributed by atoms with Gasteiger partial charge < -0.3 is 19.9 Å². The van der Waals surface area contributed by atoms with Crippen molar-refractivity contribution >= 4 is 42.1 Å². The van der Waals surface area contributed by atoms with E-state index in [-0.39, 0.29) is 24.8 Å². The summed E-state index contributed by atoms with van der Waals surface area (Å²) in [7, 11) is 0. The predicted molar refractivity (Wildman–Crippen MR) is 133 cm³/mol. The summed E-state index contributed by atoms with van der Waals surface area (Å²) in [4.78, 5) is 2.55. The lowest BCUT2D eigenvalue weighted by atomic mass is 9.95. The van der Waals surface area contributed by atoms with Gasteiger partial charge in [0, 0.05) is 23.2 Å². The van der Waals surface area contributed by atoms with Crippen LogP contribution in [0, 0.1) is 0 Å². The predicted octanol–water partition coefficient (Wildman–Crippen LogP) is 4.84. The van der Waals surface area contributed by atoms with Crippen LogP contribution in [0.1, 0.15) is 30.1 Å². The number of nitrogens with zero attached hydrogens (tertiary/aromatic N) is 4. The van der Waals surface area contributed by atoms with Crippen LogP contribution in [0.15, 0.2) is 42.5 Å². The number of ether oxygens (including phenoxy) is 1. The van der Waals surface area contributed by atoms with E-state index in [1.165, 1.54) is 5.56 Å². The summed E-state index contributed by atoms with van der Waals surface area (Å²) in [6, 6.07) is 13.9. The monoisotopic (exact) mass is 495 g/mol. The zero-order valence-electron chi connectivity index (χ0n) is 17.7. The molecule has 2 aliphatic rings. The largest absolute Gasteiger partial charge is 0.491 e. The SMILES string of the molecule is Cl.Cl.Nc1ccc2c(c1)-c1nnc(C3CCN(CCc4ccc(Cl)cc4)CC3)n1CCO2. The lowest BCUT2D eigenvalue weighted by Crippen LogP contribution is -2.35. The Bertz CT molecular complexity index is 1030. The van der Waals surface area contributed by atoms with Crippen LogP contribution in [0.3, 0.4) is 0 Å². The van der Waals surface area contributed by atoms with Crippen LogP contribution in [0.4, 0.5) is 5.69 Å². The first kappa shape index (κ1) is 24.6. The quantitative estimate of drug-likeness (QED) is 0.524. The van der Waals surface area contributed by atoms with E-state index < -0.39 is 0 Å². The highest BCUT2D eigenvalue weighted by molar-refractivity contribution is 6.30. The second kappa shape index (κ2) is 10.8. The van der Waals surface area contributed by atoms with Crippen molar-refractivity contribution in [1.29, 1.82) is 0 Å². The van der Waals surface area contributed by atoms with Gasteiger partial charge in [0.2, 0.25) is 0 Å². The topological polar surface area (TPSA) is 69.2 Å². The summed E-state index contributed by atoms with van der Waals surface area (Å²) in [6.07, 6.45) is 3.25. The number of nitrogen functional groups attached to an aromatic ring is 1. The van der Waals surface area contributed by atoms with Crippen molar-refractivity contribution in [2.45, 2.75) is 31.7 Å². The maximum atomic E-state index is 6.01. The third-order valence-electron chi connectivity index (χ3n) is 6.18. The summed E-state index contributed by atoms with van der Waals surface area (Å²) in [6.45, 7) is 4.63. The number of nitrogens with two attached hydrogens (primary N) is 1. The van der Waals surface area contributed by atoms with Crippen LogP contribution in [-0.2, 0) is 13.0 Å². The molecule has 0 bridgehead atoms. The molecule has 0 radical (unpaired) electrons. The molecule has 9 heteroatoms. The number of benzene rings is 2. The van der Waals surface area contributed by atoms with Crippen molar-refractivity contribution in [3.8, 4) is 17.1 Å². The van der Waals surface area contributed by atoms with E-state index in [1.54, 1.807) is 0 Å². The van der Waals surface area contributed by atoms with E-state index in [0.29, 0.717) is 18.2 Å². The van der Waals surface area contributed by atoms with Crippen molar-refractivity contribution in [1.82, 2.24) is 19.7 Å². The number of likely N-dealkylation sites (tertiary alicyclic amines) is 1. The van der Waals surface area contributed by atoms with Crippen LogP contribution in [0.25, 0.3) is 11.4 Å². The Morgan fingerprint density at radius 2 is 1.75 bits per heavy atom. The molecule has 2 aliphatic heterocycles. The van der Waals surface area contributed by atoms with E-state index in [9.17, 15) is 0 Å². The molecule has 6 nitrogen and oxygen atoms in total. The summed E-state index contributed by atoms with van der Waals surface area (Å²) < 4.78 is 8.16. The molecule has 2 N–H and O–H groups in total. The van der Waals surface area contributed by atoms with Gasteiger partial charge in [-0.2, -0.15) is 0 Å². The van der Waals surface area contributed by atoms with Gasteiger partial charge in [0.15, 0.2) is 5.82 Å². The van der Waals surface area contributed by atoms with E-state index in [4.69, 9.17) is 22.1 Å². The third-order valence-corrected chi connectivity index (χ3v) is 6.43. The minimum atomic E-state index is 0. The Morgan fingerprint density at radius 3 is 2.50 bits per heavy atom. The molecule has 3 aromatic rings. The van der Waals surface area contributed by atoms with Crippen LogP contribution >= 0.6 is 36.4 Å². The number of anilines is 1. The Hall–Kier alpha value is -1.99. The second-order valence-corrected chi connectivity index (χ2v) is 8.57. The zero-order valence-corrected chi connectivity index (χ0v) is 20.1. The van der Waals surface area contributed by atoms with Gasteiger partial charge in [-0.25, -0.2) is 0 Å². The summed E-state index contributed by atoms with van der Waals surface area (Å²) in [5, 5.41) is 9.93. The molecule has 2 aromatic carbocycles. The number of piperidine rings is 1. The molecule has 1 saturated heterocycles. The lowest BCUT2D eigenvalue weighted by Gasteiger charge is -2.31. The van der Waals surface area contributed by atoms with Gasteiger partial charge in [-0.1, -0.05) is 23.7 Å². The summed E-state index contributed by atoms with van der Waals surface area (Å²) in [5.41, 5.74) is 8.99. The molecule has 172 valence electrons. The molecule has 1 fully saturated rings. The van der Waals surface area contributed by atoms with Crippen molar-refractivity contribution in [2.24, 2.45) is 0 Å². The maximum absolute atomic E-state index is 6.01. The Labute approximate surface area is 205 Å². The minimum Gasteiger partial charge on any atom is -0.491 e. The minimum absolute atomic E-state index is 0. The first-order chi connectivity index (χ1) is 14.7. The molecule has 0 amide bonds. The fourth-order valence-electron chi connectivity index (χ4n) is 4.48. The Balaban J connectivity index is 0.00000144. The van der Waals surface area contributed by atoms with Crippen molar-refractivity contribution in [2.75, 3.05) is 32.0 Å². The van der Waals surface area contributed by atoms with E-state index in [1.807, 2.05) is 30.3 Å². The fourth-order valence-corrected chi connectivity index (χ4v) is 4.61. The standard InChI is InChI=1S/C23H26ClN5O.2ClH/c24-18-3-1-16(2-4-18)7-10-28-11-8-17(9-12-28)22-26-27-23-20-15-19(25)5-6-21(20)30-14-13-29(22)23;;/h1-6,15,17H,7-14,25H2;2*1H. The Morgan fingerprint density at radius 1 is 1.00 bits per heavy atom. The van der Waals surface area contributed by atoms with Crippen LogP contribution in [0.2, 0.25) is 5.02 Å². The van der Waals surface area contributed by atoms with E-state index in [0.717, 1.165) is 73.4 Å². The smallest absolute Gasteiger partial charge is 0.167 e. The average Bonchev–Trinajstić information content (AvgIpc) is 3.10. The number of halogens is 3. The van der Waals surface area contributed by atoms with Gasteiger partial charge in [-0.05, 0) is 68.2 Å². The number of aromatic nitrogens is 3. The molecule has 3 heterocycles. The number of hydrogen-bond acceptors (Lipinski definition) is 5. The number of hydrogen-bond donors (Lipinski definition) is 1. The number of fused-ring (bicyclic) bond motifs is 3. The highest BCUT2D eigenvalue weighted by Crippen LogP contribution is 2.36. The van der Waals surface area contributed by atoms with Gasteiger partial charge in [0.1, 0.15) is 18.2 Å². The van der Waals surface area contributed by atoms with Crippen molar-refractivity contribution in [3.63, 3.8) is 0 Å². The van der Waals surface area contributed by atoms with E-state index >= 15 is 0 Å². The molecule has 0 aliphatic carbocycles. The second-order valence-electron chi connectivity index (χ2n) is 8.13. The molecule has 0 unspecified atom stereocenters. The first-order valence-electron chi connectivity index (χ1n) is 10.6. The fraction of sp³-hybridized carbons (Fsp3) is 0.391. The average molecular weight is 497 g/mol. The molecule has 0 atom stereocenters. The van der Waals surface area contributed by atoms with Gasteiger partial charge in [0.05, 0.1) is 12.1 Å².